The van der Waals surface area contributed by atoms with E-state index >= 15 is 0 Å². The molecule has 5 nitrogen and oxygen atoms in total. The summed E-state index contributed by atoms with van der Waals surface area (Å²) < 4.78 is 0. The van der Waals surface area contributed by atoms with Gasteiger partial charge in [-0.1, -0.05) is 41.4 Å². The Morgan fingerprint density at radius 2 is 1.95 bits per heavy atom. The largest absolute Gasteiger partial charge is 0.331 e. The number of allylic oxidation sites excluding steroid dienone is 1. The number of rotatable bonds is 3. The molecule has 0 aliphatic carbocycles. The van der Waals surface area contributed by atoms with Crippen molar-refractivity contribution in [3.8, 4) is 0 Å². The van der Waals surface area contributed by atoms with Crippen molar-refractivity contribution < 1.29 is 14.4 Å². The zero-order valence-electron chi connectivity index (χ0n) is 11.7. The van der Waals surface area contributed by atoms with Crippen LogP contribution in [0.3, 0.4) is 0 Å². The van der Waals surface area contributed by atoms with Crippen molar-refractivity contribution in [3.63, 3.8) is 0 Å². The van der Waals surface area contributed by atoms with E-state index in [1.54, 1.807) is 30.3 Å². The summed E-state index contributed by atoms with van der Waals surface area (Å²) in [4.78, 5) is 37.3. The molecule has 1 aliphatic heterocycles. The number of carbonyl (C=O) groups excluding carboxylic acids is 3. The van der Waals surface area contributed by atoms with E-state index < -0.39 is 23.8 Å². The molecule has 1 aromatic carbocycles. The quantitative estimate of drug-likeness (QED) is 0.689. The molecule has 1 aliphatic rings. The minimum absolute atomic E-state index is 0.126. The van der Waals surface area contributed by atoms with Crippen LogP contribution in [0.4, 0.5) is 4.79 Å². The van der Waals surface area contributed by atoms with Gasteiger partial charge in [0.05, 0.1) is 0 Å². The SMILES string of the molecule is CC(C)=CCN1C(=O)NC(=O)C(c2ccccc2Cl)C1=O. The number of nitrogens with zero attached hydrogens (tertiary/aromatic N) is 1. The first-order valence-electron chi connectivity index (χ1n) is 6.46. The smallest absolute Gasteiger partial charge is 0.277 e. The van der Waals surface area contributed by atoms with Gasteiger partial charge in [-0.3, -0.25) is 19.8 Å². The van der Waals surface area contributed by atoms with Crippen molar-refractivity contribution in [1.82, 2.24) is 10.2 Å². The molecule has 0 bridgehead atoms. The maximum absolute atomic E-state index is 12.5. The second-order valence-corrected chi connectivity index (χ2v) is 5.39. The Balaban J connectivity index is 2.36. The fourth-order valence-corrected chi connectivity index (χ4v) is 2.29. The lowest BCUT2D eigenvalue weighted by molar-refractivity contribution is -0.138. The van der Waals surface area contributed by atoms with Crippen LogP contribution in [0.25, 0.3) is 0 Å². The Labute approximate surface area is 127 Å². The highest BCUT2D eigenvalue weighted by Gasteiger charge is 2.41. The van der Waals surface area contributed by atoms with Gasteiger partial charge in [-0.25, -0.2) is 4.79 Å². The second-order valence-electron chi connectivity index (χ2n) is 4.98. The van der Waals surface area contributed by atoms with Gasteiger partial charge in [0.25, 0.3) is 0 Å². The third-order valence-electron chi connectivity index (χ3n) is 3.15. The zero-order valence-corrected chi connectivity index (χ0v) is 12.5. The van der Waals surface area contributed by atoms with E-state index in [1.807, 2.05) is 13.8 Å². The summed E-state index contributed by atoms with van der Waals surface area (Å²) in [6, 6.07) is 5.92. The van der Waals surface area contributed by atoms with Gasteiger partial charge in [0.1, 0.15) is 5.92 Å². The highest BCUT2D eigenvalue weighted by molar-refractivity contribution is 6.32. The molecule has 110 valence electrons. The van der Waals surface area contributed by atoms with Crippen LogP contribution in [-0.2, 0) is 9.59 Å². The van der Waals surface area contributed by atoms with Crippen molar-refractivity contribution in [3.05, 3.63) is 46.5 Å². The summed E-state index contributed by atoms with van der Waals surface area (Å²) >= 11 is 6.05. The van der Waals surface area contributed by atoms with Crippen LogP contribution < -0.4 is 5.32 Å². The predicted molar refractivity (Wildman–Crippen MR) is 78.9 cm³/mol. The third kappa shape index (κ3) is 3.13. The Bertz CT molecular complexity index is 636. The van der Waals surface area contributed by atoms with Gasteiger partial charge in [-0.2, -0.15) is 0 Å². The molecule has 1 atom stereocenters. The van der Waals surface area contributed by atoms with Crippen LogP contribution in [0, 0.1) is 0 Å². The first-order chi connectivity index (χ1) is 9.91. The van der Waals surface area contributed by atoms with E-state index in [4.69, 9.17) is 11.6 Å². The van der Waals surface area contributed by atoms with Crippen molar-refractivity contribution >= 4 is 29.4 Å². The Kier molecular flexibility index (Phi) is 4.43. The first kappa shape index (κ1) is 15.3. The Morgan fingerprint density at radius 3 is 2.57 bits per heavy atom. The number of carbonyl (C=O) groups is 3. The van der Waals surface area contributed by atoms with Crippen LogP contribution in [-0.4, -0.2) is 29.3 Å². The molecule has 4 amide bonds. The highest BCUT2D eigenvalue weighted by Crippen LogP contribution is 2.28. The predicted octanol–water partition coefficient (Wildman–Crippen LogP) is 2.47. The molecule has 0 radical (unpaired) electrons. The molecule has 21 heavy (non-hydrogen) atoms. The lowest BCUT2D eigenvalue weighted by Crippen LogP contribution is -2.56. The summed E-state index contributed by atoms with van der Waals surface area (Å²) in [6.07, 6.45) is 1.75. The minimum atomic E-state index is -1.10. The Morgan fingerprint density at radius 1 is 1.29 bits per heavy atom. The molecule has 0 saturated carbocycles. The van der Waals surface area contributed by atoms with Gasteiger partial charge < -0.3 is 0 Å². The number of imide groups is 2. The standard InChI is InChI=1S/C15H15ClN2O3/c1-9(2)7-8-18-14(20)12(13(19)17-15(18)21)10-5-3-4-6-11(10)16/h3-7,12H,8H2,1-2H3,(H,17,19,21). The van der Waals surface area contributed by atoms with Crippen LogP contribution >= 0.6 is 11.6 Å². The van der Waals surface area contributed by atoms with Crippen molar-refractivity contribution in [2.45, 2.75) is 19.8 Å². The van der Waals surface area contributed by atoms with E-state index in [9.17, 15) is 14.4 Å². The molecule has 0 spiro atoms. The van der Waals surface area contributed by atoms with E-state index in [2.05, 4.69) is 5.32 Å². The maximum atomic E-state index is 12.5. The fraction of sp³-hybridized carbons (Fsp3) is 0.267. The maximum Gasteiger partial charge on any atom is 0.331 e. The van der Waals surface area contributed by atoms with Crippen LogP contribution in [0.2, 0.25) is 5.02 Å². The Hall–Kier alpha value is -2.14. The van der Waals surface area contributed by atoms with Gasteiger partial charge in [0.2, 0.25) is 11.8 Å². The number of barbiturate groups is 1. The summed E-state index contributed by atoms with van der Waals surface area (Å²) in [5.74, 6) is -2.30. The molecule has 1 N–H and O–H groups in total. The van der Waals surface area contributed by atoms with Gasteiger partial charge in [0, 0.05) is 11.6 Å². The zero-order chi connectivity index (χ0) is 15.6. The van der Waals surface area contributed by atoms with Crippen molar-refractivity contribution in [1.29, 1.82) is 0 Å². The average Bonchev–Trinajstić information content (AvgIpc) is 2.40. The number of hydrogen-bond acceptors (Lipinski definition) is 3. The van der Waals surface area contributed by atoms with E-state index in [-0.39, 0.29) is 6.54 Å². The molecule has 1 fully saturated rings. The topological polar surface area (TPSA) is 66.5 Å². The molecular formula is C15H15ClN2O3. The number of halogens is 1. The van der Waals surface area contributed by atoms with Crippen molar-refractivity contribution in [2.24, 2.45) is 0 Å². The number of amides is 4. The molecule has 6 heteroatoms. The van der Waals surface area contributed by atoms with Crippen LogP contribution in [0.15, 0.2) is 35.9 Å². The van der Waals surface area contributed by atoms with E-state index in [0.717, 1.165) is 10.5 Å². The summed E-state index contributed by atoms with van der Waals surface area (Å²) in [5, 5.41) is 2.52. The molecule has 2 rings (SSSR count). The molecule has 1 saturated heterocycles. The summed E-state index contributed by atoms with van der Waals surface area (Å²) in [6.45, 7) is 3.85. The average molecular weight is 307 g/mol. The monoisotopic (exact) mass is 306 g/mol. The summed E-state index contributed by atoms with van der Waals surface area (Å²) in [5.41, 5.74) is 1.37. The van der Waals surface area contributed by atoms with Crippen molar-refractivity contribution in [2.75, 3.05) is 6.54 Å². The lowest BCUT2D eigenvalue weighted by atomic mass is 9.95. The number of nitrogens with one attached hydrogen (secondary N) is 1. The lowest BCUT2D eigenvalue weighted by Gasteiger charge is -2.30. The molecular weight excluding hydrogens is 292 g/mol. The molecule has 1 aromatic rings. The first-order valence-corrected chi connectivity index (χ1v) is 6.83. The van der Waals surface area contributed by atoms with E-state index in [1.165, 1.54) is 0 Å². The normalized spacial score (nSPS) is 18.5. The van der Waals surface area contributed by atoms with Crippen LogP contribution in [0.5, 0.6) is 0 Å². The number of hydrogen-bond donors (Lipinski definition) is 1. The third-order valence-corrected chi connectivity index (χ3v) is 3.49. The van der Waals surface area contributed by atoms with Gasteiger partial charge in [-0.15, -0.1) is 0 Å². The minimum Gasteiger partial charge on any atom is -0.277 e. The van der Waals surface area contributed by atoms with Gasteiger partial charge in [-0.05, 0) is 25.5 Å². The van der Waals surface area contributed by atoms with Gasteiger partial charge >= 0.3 is 6.03 Å². The highest BCUT2D eigenvalue weighted by atomic mass is 35.5. The molecule has 0 aromatic heterocycles. The number of urea groups is 1. The van der Waals surface area contributed by atoms with Crippen LogP contribution in [0.1, 0.15) is 25.3 Å². The molecule has 1 unspecified atom stereocenters. The van der Waals surface area contributed by atoms with E-state index in [0.29, 0.717) is 10.6 Å². The molecule has 1 heterocycles. The van der Waals surface area contributed by atoms with Gasteiger partial charge in [0.15, 0.2) is 0 Å². The summed E-state index contributed by atoms with van der Waals surface area (Å²) in [7, 11) is 0. The number of benzene rings is 1. The second kappa shape index (κ2) is 6.10. The fourth-order valence-electron chi connectivity index (χ4n) is 2.04.